The normalized spacial score (nSPS) is 19.3. The number of rotatable bonds is 4. The van der Waals surface area contributed by atoms with E-state index < -0.39 is 5.82 Å². The molecule has 1 N–H and O–H groups in total. The van der Waals surface area contributed by atoms with Crippen molar-refractivity contribution >= 4 is 5.91 Å². The first-order valence-electron chi connectivity index (χ1n) is 6.55. The molecule has 1 aliphatic heterocycles. The monoisotopic (exact) mass is 266 g/mol. The Bertz CT molecular complexity index is 439. The molecule has 0 radical (unpaired) electrons. The Kier molecular flexibility index (Phi) is 4.74. The summed E-state index contributed by atoms with van der Waals surface area (Å²) in [5.41, 5.74) is 0. The van der Waals surface area contributed by atoms with Gasteiger partial charge >= 0.3 is 0 Å². The summed E-state index contributed by atoms with van der Waals surface area (Å²) in [5.74, 6) is -0.139. The highest BCUT2D eigenvalue weighted by atomic mass is 19.1. The first-order chi connectivity index (χ1) is 9.16. The molecule has 1 fully saturated rings. The number of nitrogens with zero attached hydrogens (tertiary/aromatic N) is 1. The lowest BCUT2D eigenvalue weighted by molar-refractivity contribution is -0.132. The van der Waals surface area contributed by atoms with Gasteiger partial charge in [-0.1, -0.05) is 12.1 Å². The molecule has 1 atom stereocenters. The van der Waals surface area contributed by atoms with Gasteiger partial charge in [-0.15, -0.1) is 0 Å². The number of hydrogen-bond donors (Lipinski definition) is 1. The predicted octanol–water partition coefficient (Wildman–Crippen LogP) is 1.41. The second-order valence-electron chi connectivity index (χ2n) is 4.72. The van der Waals surface area contributed by atoms with Crippen molar-refractivity contribution in [3.05, 3.63) is 30.1 Å². The SMILES string of the molecule is CC1CN(C(=O)CCOc2ccccc2F)CCN1. The van der Waals surface area contributed by atoms with Crippen molar-refractivity contribution in [1.29, 1.82) is 0 Å². The fourth-order valence-electron chi connectivity index (χ4n) is 2.13. The molecular formula is C14H19FN2O2. The lowest BCUT2D eigenvalue weighted by Crippen LogP contribution is -2.51. The highest BCUT2D eigenvalue weighted by molar-refractivity contribution is 5.76. The van der Waals surface area contributed by atoms with Crippen LogP contribution >= 0.6 is 0 Å². The zero-order chi connectivity index (χ0) is 13.7. The van der Waals surface area contributed by atoms with Crippen LogP contribution in [0.3, 0.4) is 0 Å². The highest BCUT2D eigenvalue weighted by Gasteiger charge is 2.20. The van der Waals surface area contributed by atoms with E-state index in [-0.39, 0.29) is 24.7 Å². The number of ether oxygens (including phenoxy) is 1. The maximum Gasteiger partial charge on any atom is 0.226 e. The van der Waals surface area contributed by atoms with Gasteiger partial charge in [-0.2, -0.15) is 0 Å². The topological polar surface area (TPSA) is 41.6 Å². The molecule has 1 saturated heterocycles. The lowest BCUT2D eigenvalue weighted by atomic mass is 10.2. The number of carbonyl (C=O) groups excluding carboxylic acids is 1. The van der Waals surface area contributed by atoms with Crippen molar-refractivity contribution in [2.24, 2.45) is 0 Å². The van der Waals surface area contributed by atoms with Gasteiger partial charge in [0.2, 0.25) is 5.91 Å². The van der Waals surface area contributed by atoms with Crippen molar-refractivity contribution in [2.75, 3.05) is 26.2 Å². The zero-order valence-corrected chi connectivity index (χ0v) is 11.1. The first-order valence-corrected chi connectivity index (χ1v) is 6.55. The van der Waals surface area contributed by atoms with Gasteiger partial charge in [-0.25, -0.2) is 4.39 Å². The molecule has 4 nitrogen and oxygen atoms in total. The van der Waals surface area contributed by atoms with E-state index in [0.717, 1.165) is 19.6 Å². The van der Waals surface area contributed by atoms with Crippen LogP contribution in [0.15, 0.2) is 24.3 Å². The van der Waals surface area contributed by atoms with Crippen LogP contribution in [-0.2, 0) is 4.79 Å². The summed E-state index contributed by atoms with van der Waals surface area (Å²) in [5, 5.41) is 3.28. The van der Waals surface area contributed by atoms with Gasteiger partial charge in [0.25, 0.3) is 0 Å². The molecule has 104 valence electrons. The molecule has 5 heteroatoms. The molecule has 1 aromatic rings. The van der Waals surface area contributed by atoms with E-state index in [1.54, 1.807) is 18.2 Å². The molecular weight excluding hydrogens is 247 g/mol. The van der Waals surface area contributed by atoms with Crippen molar-refractivity contribution in [1.82, 2.24) is 10.2 Å². The van der Waals surface area contributed by atoms with Crippen LogP contribution in [0.1, 0.15) is 13.3 Å². The Morgan fingerprint density at radius 3 is 3.05 bits per heavy atom. The minimum atomic E-state index is -0.397. The van der Waals surface area contributed by atoms with Crippen molar-refractivity contribution < 1.29 is 13.9 Å². The fourth-order valence-corrected chi connectivity index (χ4v) is 2.13. The third kappa shape index (κ3) is 3.92. The Morgan fingerprint density at radius 2 is 2.32 bits per heavy atom. The average molecular weight is 266 g/mol. The predicted molar refractivity (Wildman–Crippen MR) is 70.6 cm³/mol. The van der Waals surface area contributed by atoms with Crippen LogP contribution in [0.2, 0.25) is 0 Å². The van der Waals surface area contributed by atoms with Gasteiger partial charge in [0, 0.05) is 25.7 Å². The quantitative estimate of drug-likeness (QED) is 0.896. The lowest BCUT2D eigenvalue weighted by Gasteiger charge is -2.31. The smallest absolute Gasteiger partial charge is 0.226 e. The third-order valence-corrected chi connectivity index (χ3v) is 3.13. The Hall–Kier alpha value is -1.62. The molecule has 0 spiro atoms. The van der Waals surface area contributed by atoms with E-state index in [4.69, 9.17) is 4.74 Å². The van der Waals surface area contributed by atoms with E-state index in [2.05, 4.69) is 12.2 Å². The summed E-state index contributed by atoms with van der Waals surface area (Å²) in [6, 6.07) is 6.54. The number of halogens is 1. The van der Waals surface area contributed by atoms with Crippen LogP contribution in [0.4, 0.5) is 4.39 Å². The molecule has 1 aromatic carbocycles. The van der Waals surface area contributed by atoms with Crippen LogP contribution in [0.25, 0.3) is 0 Å². The Labute approximate surface area is 112 Å². The second kappa shape index (κ2) is 6.52. The number of amides is 1. The summed E-state index contributed by atoms with van der Waals surface area (Å²) < 4.78 is 18.6. The first kappa shape index (κ1) is 13.8. The molecule has 1 aliphatic rings. The van der Waals surface area contributed by atoms with Gasteiger partial charge in [-0.3, -0.25) is 4.79 Å². The summed E-state index contributed by atoms with van der Waals surface area (Å²) >= 11 is 0. The van der Waals surface area contributed by atoms with Gasteiger partial charge < -0.3 is 15.0 Å². The van der Waals surface area contributed by atoms with Gasteiger partial charge in [-0.05, 0) is 19.1 Å². The van der Waals surface area contributed by atoms with Crippen molar-refractivity contribution in [3.63, 3.8) is 0 Å². The van der Waals surface area contributed by atoms with Crippen LogP contribution < -0.4 is 10.1 Å². The molecule has 0 bridgehead atoms. The number of benzene rings is 1. The van der Waals surface area contributed by atoms with Crippen molar-refractivity contribution in [2.45, 2.75) is 19.4 Å². The van der Waals surface area contributed by atoms with E-state index in [9.17, 15) is 9.18 Å². The second-order valence-corrected chi connectivity index (χ2v) is 4.72. The van der Waals surface area contributed by atoms with Crippen LogP contribution in [0.5, 0.6) is 5.75 Å². The van der Waals surface area contributed by atoms with E-state index in [1.807, 2.05) is 4.90 Å². The summed E-state index contributed by atoms with van der Waals surface area (Å²) in [6.07, 6.45) is 0.279. The third-order valence-electron chi connectivity index (χ3n) is 3.13. The maximum atomic E-state index is 13.3. The molecule has 1 heterocycles. The van der Waals surface area contributed by atoms with Crippen molar-refractivity contribution in [3.8, 4) is 5.75 Å². The minimum absolute atomic E-state index is 0.0599. The molecule has 19 heavy (non-hydrogen) atoms. The number of para-hydroxylation sites is 1. The summed E-state index contributed by atoms with van der Waals surface area (Å²) in [4.78, 5) is 13.8. The largest absolute Gasteiger partial charge is 0.490 e. The highest BCUT2D eigenvalue weighted by Crippen LogP contribution is 2.15. The van der Waals surface area contributed by atoms with E-state index >= 15 is 0 Å². The van der Waals surface area contributed by atoms with Gasteiger partial charge in [0.05, 0.1) is 13.0 Å². The molecule has 1 unspecified atom stereocenters. The zero-order valence-electron chi connectivity index (χ0n) is 11.1. The standard InChI is InChI=1S/C14H19FN2O2/c1-11-10-17(8-7-16-11)14(18)6-9-19-13-5-3-2-4-12(13)15/h2-5,11,16H,6-10H2,1H3. The maximum absolute atomic E-state index is 13.3. The van der Waals surface area contributed by atoms with Gasteiger partial charge in [0.15, 0.2) is 11.6 Å². The summed E-state index contributed by atoms with van der Waals surface area (Å²) in [6.45, 7) is 4.52. The molecule has 1 amide bonds. The average Bonchev–Trinajstić information content (AvgIpc) is 2.41. The molecule has 0 aliphatic carbocycles. The fraction of sp³-hybridized carbons (Fsp3) is 0.500. The Balaban J connectivity index is 1.76. The summed E-state index contributed by atoms with van der Waals surface area (Å²) in [7, 11) is 0. The van der Waals surface area contributed by atoms with E-state index in [1.165, 1.54) is 6.07 Å². The number of nitrogens with one attached hydrogen (secondary N) is 1. The van der Waals surface area contributed by atoms with Crippen LogP contribution in [0, 0.1) is 5.82 Å². The molecule has 0 aromatic heterocycles. The number of carbonyl (C=O) groups is 1. The Morgan fingerprint density at radius 1 is 1.53 bits per heavy atom. The molecule has 0 saturated carbocycles. The van der Waals surface area contributed by atoms with Gasteiger partial charge in [0.1, 0.15) is 0 Å². The number of piperazine rings is 1. The molecule has 2 rings (SSSR count). The minimum Gasteiger partial charge on any atom is -0.490 e. The van der Waals surface area contributed by atoms with Crippen LogP contribution in [-0.4, -0.2) is 43.1 Å². The van der Waals surface area contributed by atoms with E-state index in [0.29, 0.717) is 6.04 Å². The number of hydrogen-bond acceptors (Lipinski definition) is 3.